The average Bonchev–Trinajstić information content (AvgIpc) is 3.04. The van der Waals surface area contributed by atoms with Gasteiger partial charge in [-0.2, -0.15) is 0 Å². The zero-order valence-electron chi connectivity index (χ0n) is 15.4. The number of hydrogen-bond donors (Lipinski definition) is 0. The molecule has 4 rings (SSSR count). The summed E-state index contributed by atoms with van der Waals surface area (Å²) in [6, 6.07) is 11.6. The Hall–Kier alpha value is -3.45. The molecule has 0 aliphatic rings. The molecule has 2 aromatic carbocycles. The number of hydrogen-bond acceptors (Lipinski definition) is 3. The van der Waals surface area contributed by atoms with Crippen molar-refractivity contribution in [3.8, 4) is 0 Å². The van der Waals surface area contributed by atoms with Gasteiger partial charge in [0.05, 0.1) is 13.6 Å². The van der Waals surface area contributed by atoms with Crippen LogP contribution in [-0.2, 0) is 13.6 Å². The van der Waals surface area contributed by atoms with Gasteiger partial charge in [-0.25, -0.2) is 13.7 Å². The van der Waals surface area contributed by atoms with E-state index in [1.54, 1.807) is 49.6 Å². The van der Waals surface area contributed by atoms with Gasteiger partial charge >= 0.3 is 5.91 Å². The molecule has 2 aromatic heterocycles. The number of nitrogens with zero attached hydrogens (tertiary/aromatic N) is 4. The number of amides is 1. The number of anilines is 1. The Morgan fingerprint density at radius 2 is 2.03 bits per heavy atom. The first kappa shape index (κ1) is 18.9. The van der Waals surface area contributed by atoms with Crippen molar-refractivity contribution in [3.63, 3.8) is 0 Å². The summed E-state index contributed by atoms with van der Waals surface area (Å²) in [6.07, 6.45) is 5.53. The Kier molecular flexibility index (Phi) is 4.90. The standard InChI is InChI=1S/C21H16ClFN4O2/c1-25-13-26(29)12-20(25)21(28)27(16-5-2-4-15(22)8-16)11-14-9-24-10-18-17(14)6-3-7-19(18)23/h2-10,12-13H,11H2,1H3. The molecular formula is C21H16ClFN4O2. The van der Waals surface area contributed by atoms with E-state index in [1.165, 1.54) is 34.3 Å². The van der Waals surface area contributed by atoms with Gasteiger partial charge in [0.2, 0.25) is 12.0 Å². The fourth-order valence-electron chi connectivity index (χ4n) is 3.26. The maximum atomic E-state index is 14.2. The summed E-state index contributed by atoms with van der Waals surface area (Å²) < 4.78 is 16.2. The van der Waals surface area contributed by atoms with Crippen molar-refractivity contribution >= 4 is 34.0 Å². The zero-order chi connectivity index (χ0) is 20.5. The van der Waals surface area contributed by atoms with Crippen LogP contribution < -0.4 is 9.63 Å². The van der Waals surface area contributed by atoms with Gasteiger partial charge in [0.15, 0.2) is 0 Å². The van der Waals surface area contributed by atoms with Crippen molar-refractivity contribution in [2.75, 3.05) is 4.90 Å². The first-order chi connectivity index (χ1) is 13.9. The summed E-state index contributed by atoms with van der Waals surface area (Å²) in [5, 5.41) is 13.2. The van der Waals surface area contributed by atoms with Crippen LogP contribution in [0.4, 0.5) is 10.1 Å². The first-order valence-electron chi connectivity index (χ1n) is 8.77. The van der Waals surface area contributed by atoms with Crippen LogP contribution in [0, 0.1) is 11.0 Å². The highest BCUT2D eigenvalue weighted by Crippen LogP contribution is 2.26. The minimum atomic E-state index is -0.391. The molecule has 8 heteroatoms. The molecule has 0 aliphatic carbocycles. The Bertz CT molecular complexity index is 1220. The molecule has 2 heterocycles. The highest BCUT2D eigenvalue weighted by Gasteiger charge is 2.26. The fourth-order valence-corrected chi connectivity index (χ4v) is 3.45. The Morgan fingerprint density at radius 1 is 1.24 bits per heavy atom. The molecule has 0 fully saturated rings. The highest BCUT2D eigenvalue weighted by atomic mass is 35.5. The monoisotopic (exact) mass is 410 g/mol. The van der Waals surface area contributed by atoms with E-state index >= 15 is 0 Å². The number of imidazole rings is 1. The summed E-state index contributed by atoms with van der Waals surface area (Å²) in [6.45, 7) is 0.122. The minimum Gasteiger partial charge on any atom is -0.711 e. The molecule has 0 aliphatic heterocycles. The molecule has 0 bridgehead atoms. The Morgan fingerprint density at radius 3 is 2.76 bits per heavy atom. The zero-order valence-corrected chi connectivity index (χ0v) is 16.2. The third kappa shape index (κ3) is 3.64. The van der Waals surface area contributed by atoms with Crippen molar-refractivity contribution in [2.45, 2.75) is 6.54 Å². The summed E-state index contributed by atoms with van der Waals surface area (Å²) >= 11 is 6.13. The minimum absolute atomic E-state index is 0.122. The van der Waals surface area contributed by atoms with E-state index in [2.05, 4.69) is 4.98 Å². The lowest BCUT2D eigenvalue weighted by Crippen LogP contribution is -2.32. The molecule has 1 amide bonds. The van der Waals surface area contributed by atoms with Crippen LogP contribution in [0.25, 0.3) is 10.8 Å². The van der Waals surface area contributed by atoms with E-state index in [9.17, 15) is 14.4 Å². The van der Waals surface area contributed by atoms with E-state index < -0.39 is 5.91 Å². The van der Waals surface area contributed by atoms with Crippen molar-refractivity contribution in [3.05, 3.63) is 94.7 Å². The molecule has 146 valence electrons. The predicted octanol–water partition coefficient (Wildman–Crippen LogP) is 3.85. The third-order valence-electron chi connectivity index (χ3n) is 4.66. The molecule has 0 saturated carbocycles. The van der Waals surface area contributed by atoms with E-state index in [1.807, 2.05) is 0 Å². The van der Waals surface area contributed by atoms with Crippen LogP contribution in [0.5, 0.6) is 0 Å². The fraction of sp³-hybridized carbons (Fsp3) is 0.0952. The Labute approximate surface area is 171 Å². The van der Waals surface area contributed by atoms with Crippen LogP contribution in [0.15, 0.2) is 67.4 Å². The molecule has 0 N–H and O–H groups in total. The van der Waals surface area contributed by atoms with Gasteiger partial charge in [0.1, 0.15) is 12.0 Å². The van der Waals surface area contributed by atoms with Crippen LogP contribution in [0.2, 0.25) is 5.02 Å². The average molecular weight is 411 g/mol. The molecule has 6 nitrogen and oxygen atoms in total. The largest absolute Gasteiger partial charge is 0.711 e. The number of fused-ring (bicyclic) bond motifs is 1. The second-order valence-electron chi connectivity index (χ2n) is 6.61. The maximum absolute atomic E-state index is 14.2. The topological polar surface area (TPSA) is 65.1 Å². The molecule has 29 heavy (non-hydrogen) atoms. The summed E-state index contributed by atoms with van der Waals surface area (Å²) in [5.41, 5.74) is 1.42. The quantitative estimate of drug-likeness (QED) is 0.379. The van der Waals surface area contributed by atoms with Crippen molar-refractivity contribution in [1.82, 2.24) is 9.55 Å². The SMILES string of the molecule is Cn1c[n+]([O-])cc1C(=O)N(Cc1cncc2c(F)cccc12)c1cccc(Cl)c1. The second kappa shape index (κ2) is 7.52. The molecule has 0 radical (unpaired) electrons. The lowest BCUT2D eigenvalue weighted by molar-refractivity contribution is -0.604. The van der Waals surface area contributed by atoms with Gasteiger partial charge in [-0.3, -0.25) is 9.78 Å². The van der Waals surface area contributed by atoms with Gasteiger partial charge in [-0.05, 0) is 35.2 Å². The van der Waals surface area contributed by atoms with Crippen molar-refractivity contribution in [2.24, 2.45) is 7.05 Å². The van der Waals surface area contributed by atoms with Crippen LogP contribution in [0.3, 0.4) is 0 Å². The second-order valence-corrected chi connectivity index (χ2v) is 7.04. The summed E-state index contributed by atoms with van der Waals surface area (Å²) in [5.74, 6) is -0.773. The first-order valence-corrected chi connectivity index (χ1v) is 9.15. The smallest absolute Gasteiger partial charge is 0.302 e. The Balaban J connectivity index is 1.83. The number of benzene rings is 2. The number of rotatable bonds is 4. The van der Waals surface area contributed by atoms with E-state index in [4.69, 9.17) is 11.6 Å². The lowest BCUT2D eigenvalue weighted by atomic mass is 10.1. The van der Waals surface area contributed by atoms with E-state index in [0.717, 1.165) is 0 Å². The van der Waals surface area contributed by atoms with Gasteiger partial charge < -0.3 is 10.1 Å². The lowest BCUT2D eigenvalue weighted by Gasteiger charge is -2.23. The van der Waals surface area contributed by atoms with Crippen LogP contribution in [0.1, 0.15) is 16.1 Å². The number of carbonyl (C=O) groups is 1. The summed E-state index contributed by atoms with van der Waals surface area (Å²) in [4.78, 5) is 18.9. The summed E-state index contributed by atoms with van der Waals surface area (Å²) in [7, 11) is 1.62. The van der Waals surface area contributed by atoms with Crippen molar-refractivity contribution < 1.29 is 13.9 Å². The molecule has 0 unspecified atom stereocenters. The highest BCUT2D eigenvalue weighted by molar-refractivity contribution is 6.31. The number of halogens is 2. The number of aryl methyl sites for hydroxylation is 1. The van der Waals surface area contributed by atoms with Crippen LogP contribution in [-0.4, -0.2) is 15.5 Å². The van der Waals surface area contributed by atoms with Gasteiger partial charge in [0.25, 0.3) is 0 Å². The van der Waals surface area contributed by atoms with E-state index in [0.29, 0.717) is 31.8 Å². The molecule has 4 aromatic rings. The van der Waals surface area contributed by atoms with E-state index in [-0.39, 0.29) is 18.1 Å². The number of aromatic nitrogens is 3. The van der Waals surface area contributed by atoms with Crippen molar-refractivity contribution in [1.29, 1.82) is 0 Å². The molecule has 0 spiro atoms. The normalized spacial score (nSPS) is 11.0. The molecule has 0 saturated heterocycles. The molecular weight excluding hydrogens is 395 g/mol. The maximum Gasteiger partial charge on any atom is 0.302 e. The third-order valence-corrected chi connectivity index (χ3v) is 4.90. The molecule has 0 atom stereocenters. The van der Waals surface area contributed by atoms with Gasteiger partial charge in [0, 0.05) is 28.5 Å². The number of pyridine rings is 1. The number of carbonyl (C=O) groups excluding carboxylic acids is 1. The predicted molar refractivity (Wildman–Crippen MR) is 108 cm³/mol. The van der Waals surface area contributed by atoms with Gasteiger partial charge in [-0.1, -0.05) is 29.8 Å². The van der Waals surface area contributed by atoms with Gasteiger partial charge in [-0.15, -0.1) is 0 Å². The van der Waals surface area contributed by atoms with Crippen LogP contribution >= 0.6 is 11.6 Å².